The maximum absolute atomic E-state index is 12.8. The number of amides is 1. The first-order valence-electron chi connectivity index (χ1n) is 10.3. The van der Waals surface area contributed by atoms with Crippen molar-refractivity contribution in [2.45, 2.75) is 24.3 Å². The van der Waals surface area contributed by atoms with Crippen molar-refractivity contribution in [3.63, 3.8) is 0 Å². The van der Waals surface area contributed by atoms with Gasteiger partial charge in [0.1, 0.15) is 18.0 Å². The van der Waals surface area contributed by atoms with Crippen LogP contribution in [0.25, 0.3) is 11.1 Å². The number of alkyl carbamates (subject to hydrolysis) is 1. The first-order chi connectivity index (χ1) is 15.0. The van der Waals surface area contributed by atoms with Crippen LogP contribution >= 0.6 is 0 Å². The zero-order valence-corrected chi connectivity index (χ0v) is 17.1. The molecule has 3 aromatic rings. The number of nitrogens with zero attached hydrogens (tertiary/aromatic N) is 2. The van der Waals surface area contributed by atoms with Crippen molar-refractivity contribution < 1.29 is 19.4 Å². The highest BCUT2D eigenvalue weighted by Gasteiger charge is 2.52. The predicted molar refractivity (Wildman–Crippen MR) is 113 cm³/mol. The van der Waals surface area contributed by atoms with Gasteiger partial charge in [-0.2, -0.15) is 0 Å². The van der Waals surface area contributed by atoms with Crippen molar-refractivity contribution in [3.8, 4) is 11.1 Å². The fourth-order valence-corrected chi connectivity index (χ4v) is 4.95. The molecule has 158 valence electrons. The molecule has 0 saturated heterocycles. The molecular weight excluding hydrogens is 394 g/mol. The first-order valence-corrected chi connectivity index (χ1v) is 10.3. The number of rotatable bonds is 5. The van der Waals surface area contributed by atoms with Crippen LogP contribution in [-0.4, -0.2) is 33.3 Å². The van der Waals surface area contributed by atoms with E-state index in [2.05, 4.69) is 34.6 Å². The summed E-state index contributed by atoms with van der Waals surface area (Å²) < 4.78 is 7.48. The number of hydrogen-bond donors (Lipinski definition) is 2. The van der Waals surface area contributed by atoms with Crippen LogP contribution in [0, 0.1) is 5.92 Å². The Kier molecular flexibility index (Phi) is 4.54. The standard InChI is InChI=1S/C24H23N3O4/c1-27-11-10-25-22(27)24(12-15(13-24)21(28)29)26-23(30)31-14-20-18-8-4-2-6-16(18)17-7-3-5-9-19(17)20/h2-11,15,20H,12-14H2,1H3,(H,26,30)(H,28,29). The van der Waals surface area contributed by atoms with Crippen molar-refractivity contribution in [1.29, 1.82) is 0 Å². The van der Waals surface area contributed by atoms with Crippen LogP contribution in [0.5, 0.6) is 0 Å². The Labute approximate surface area is 179 Å². The molecule has 7 nitrogen and oxygen atoms in total. The third kappa shape index (κ3) is 3.17. The van der Waals surface area contributed by atoms with Gasteiger partial charge >= 0.3 is 12.1 Å². The predicted octanol–water partition coefficient (Wildman–Crippen LogP) is 3.65. The molecule has 0 spiro atoms. The minimum absolute atomic E-state index is 0.0320. The summed E-state index contributed by atoms with van der Waals surface area (Å²) in [5.74, 6) is -0.765. The minimum atomic E-state index is -0.862. The first kappa shape index (κ1) is 19.4. The molecule has 2 N–H and O–H groups in total. The maximum Gasteiger partial charge on any atom is 0.407 e. The summed E-state index contributed by atoms with van der Waals surface area (Å²) in [6.45, 7) is 0.207. The number of aliphatic carboxylic acids is 1. The molecule has 1 amide bonds. The number of aryl methyl sites for hydroxylation is 1. The number of carboxylic acids is 1. The van der Waals surface area contributed by atoms with E-state index in [0.717, 1.165) is 11.1 Å². The number of fused-ring (bicyclic) bond motifs is 3. The largest absolute Gasteiger partial charge is 0.481 e. The Bertz CT molecular complexity index is 1120. The molecule has 1 heterocycles. The van der Waals surface area contributed by atoms with E-state index in [1.165, 1.54) is 11.1 Å². The quantitative estimate of drug-likeness (QED) is 0.661. The highest BCUT2D eigenvalue weighted by molar-refractivity contribution is 5.79. The van der Waals surface area contributed by atoms with Gasteiger partial charge in [-0.15, -0.1) is 0 Å². The van der Waals surface area contributed by atoms with Crippen LogP contribution in [0.15, 0.2) is 60.9 Å². The van der Waals surface area contributed by atoms with E-state index >= 15 is 0 Å². The molecule has 1 fully saturated rings. The maximum atomic E-state index is 12.8. The van der Waals surface area contributed by atoms with Crippen molar-refractivity contribution in [3.05, 3.63) is 77.9 Å². The second-order valence-corrected chi connectivity index (χ2v) is 8.34. The van der Waals surface area contributed by atoms with Crippen LogP contribution in [0.4, 0.5) is 4.79 Å². The van der Waals surface area contributed by atoms with Gasteiger partial charge in [0.2, 0.25) is 0 Å². The molecule has 0 unspecified atom stereocenters. The van der Waals surface area contributed by atoms with Gasteiger partial charge in [-0.05, 0) is 35.1 Å². The Morgan fingerprint density at radius 1 is 1.13 bits per heavy atom. The van der Waals surface area contributed by atoms with Crippen molar-refractivity contribution in [2.24, 2.45) is 13.0 Å². The van der Waals surface area contributed by atoms with Gasteiger partial charge in [-0.3, -0.25) is 4.79 Å². The average molecular weight is 417 g/mol. The molecule has 2 aromatic carbocycles. The summed E-state index contributed by atoms with van der Waals surface area (Å²) in [6.07, 6.45) is 3.44. The fourth-order valence-electron chi connectivity index (χ4n) is 4.95. The topological polar surface area (TPSA) is 93.5 Å². The number of benzene rings is 2. The second-order valence-electron chi connectivity index (χ2n) is 8.34. The molecule has 31 heavy (non-hydrogen) atoms. The lowest BCUT2D eigenvalue weighted by atomic mass is 9.67. The zero-order chi connectivity index (χ0) is 21.6. The van der Waals surface area contributed by atoms with Gasteiger partial charge in [0.15, 0.2) is 0 Å². The molecule has 0 aliphatic heterocycles. The molecule has 1 aromatic heterocycles. The summed E-state index contributed by atoms with van der Waals surface area (Å²) >= 11 is 0. The normalized spacial score (nSPS) is 21.6. The van der Waals surface area contributed by atoms with Crippen LogP contribution in [-0.2, 0) is 22.1 Å². The lowest BCUT2D eigenvalue weighted by molar-refractivity contribution is -0.148. The molecule has 2 aliphatic rings. The van der Waals surface area contributed by atoms with Gasteiger partial charge in [0, 0.05) is 25.4 Å². The minimum Gasteiger partial charge on any atom is -0.481 e. The van der Waals surface area contributed by atoms with Crippen LogP contribution in [0.2, 0.25) is 0 Å². The van der Waals surface area contributed by atoms with E-state index in [1.807, 2.05) is 35.9 Å². The zero-order valence-electron chi connectivity index (χ0n) is 17.1. The van der Waals surface area contributed by atoms with E-state index in [9.17, 15) is 14.7 Å². The highest BCUT2D eigenvalue weighted by Crippen LogP contribution is 2.46. The number of carbonyl (C=O) groups is 2. The smallest absolute Gasteiger partial charge is 0.407 e. The molecule has 0 bridgehead atoms. The van der Waals surface area contributed by atoms with Crippen LogP contribution < -0.4 is 5.32 Å². The average Bonchev–Trinajstić information content (AvgIpc) is 3.30. The number of carbonyl (C=O) groups excluding carboxylic acids is 1. The van der Waals surface area contributed by atoms with Crippen molar-refractivity contribution in [1.82, 2.24) is 14.9 Å². The summed E-state index contributed by atoms with van der Waals surface area (Å²) in [4.78, 5) is 28.5. The number of carboxylic acid groups (broad SMARTS) is 1. The molecular formula is C24H23N3O4. The summed E-state index contributed by atoms with van der Waals surface area (Å²) in [5.41, 5.74) is 3.79. The van der Waals surface area contributed by atoms with Gasteiger partial charge in [-0.1, -0.05) is 48.5 Å². The molecule has 7 heteroatoms. The van der Waals surface area contributed by atoms with E-state index in [0.29, 0.717) is 5.82 Å². The SMILES string of the molecule is Cn1ccnc1C1(NC(=O)OCC2c3ccccc3-c3ccccc32)CC(C(=O)O)C1. The summed E-state index contributed by atoms with van der Waals surface area (Å²) in [6, 6.07) is 16.3. The highest BCUT2D eigenvalue weighted by atomic mass is 16.5. The van der Waals surface area contributed by atoms with E-state index in [4.69, 9.17) is 4.74 Å². The Hall–Kier alpha value is -3.61. The van der Waals surface area contributed by atoms with Crippen LogP contribution in [0.1, 0.15) is 35.7 Å². The third-order valence-electron chi connectivity index (χ3n) is 6.47. The monoisotopic (exact) mass is 417 g/mol. The number of imidazole rings is 1. The molecule has 2 aliphatic carbocycles. The molecule has 0 radical (unpaired) electrons. The Morgan fingerprint density at radius 2 is 1.74 bits per heavy atom. The summed E-state index contributed by atoms with van der Waals surface area (Å²) in [7, 11) is 1.83. The third-order valence-corrected chi connectivity index (χ3v) is 6.47. The Morgan fingerprint density at radius 3 is 2.29 bits per heavy atom. The van der Waals surface area contributed by atoms with Gasteiger partial charge in [0.05, 0.1) is 5.92 Å². The van der Waals surface area contributed by atoms with Crippen LogP contribution in [0.3, 0.4) is 0 Å². The number of nitrogens with one attached hydrogen (secondary N) is 1. The van der Waals surface area contributed by atoms with Gasteiger partial charge < -0.3 is 19.7 Å². The second kappa shape index (κ2) is 7.27. The van der Waals surface area contributed by atoms with E-state index in [1.54, 1.807) is 12.4 Å². The van der Waals surface area contributed by atoms with E-state index < -0.39 is 23.5 Å². The van der Waals surface area contributed by atoms with Gasteiger partial charge in [0.25, 0.3) is 0 Å². The van der Waals surface area contributed by atoms with Crippen molar-refractivity contribution in [2.75, 3.05) is 6.61 Å². The lowest BCUT2D eigenvalue weighted by Gasteiger charge is -2.45. The van der Waals surface area contributed by atoms with E-state index in [-0.39, 0.29) is 25.4 Å². The molecule has 0 atom stereocenters. The Balaban J connectivity index is 1.33. The molecule has 5 rings (SSSR count). The van der Waals surface area contributed by atoms with Gasteiger partial charge in [-0.25, -0.2) is 9.78 Å². The number of hydrogen-bond acceptors (Lipinski definition) is 4. The summed E-state index contributed by atoms with van der Waals surface area (Å²) in [5, 5.41) is 12.3. The molecule has 1 saturated carbocycles. The number of aromatic nitrogens is 2. The number of ether oxygens (including phenoxy) is 1. The van der Waals surface area contributed by atoms with Crippen molar-refractivity contribution >= 4 is 12.1 Å². The lowest BCUT2D eigenvalue weighted by Crippen LogP contribution is -2.57. The fraction of sp³-hybridized carbons (Fsp3) is 0.292.